The molecule has 0 bridgehead atoms. The molecule has 2 heterocycles. The zero-order valence-electron chi connectivity index (χ0n) is 6.43. The van der Waals surface area contributed by atoms with Crippen LogP contribution in [0.15, 0.2) is 18.6 Å². The second-order valence-electron chi connectivity index (χ2n) is 2.41. The van der Waals surface area contributed by atoms with Crippen molar-refractivity contribution >= 4 is 11.3 Å². The van der Waals surface area contributed by atoms with Gasteiger partial charge in [0, 0.05) is 18.8 Å². The molecule has 12 heavy (non-hydrogen) atoms. The van der Waals surface area contributed by atoms with Gasteiger partial charge < -0.3 is 5.11 Å². The quantitative estimate of drug-likeness (QED) is 0.720. The number of hydrogen-bond acceptors (Lipinski definition) is 4. The Morgan fingerprint density at radius 2 is 2.33 bits per heavy atom. The topological polar surface area (TPSA) is 50.9 Å². The van der Waals surface area contributed by atoms with E-state index in [-0.39, 0.29) is 5.06 Å². The standard InChI is InChI=1S/C7H7N3OS/c1-10-4-5(2-9-10)7-8-3-6(11)12-7/h2-4,11H,1H3. The highest BCUT2D eigenvalue weighted by molar-refractivity contribution is 7.16. The molecule has 0 fully saturated rings. The van der Waals surface area contributed by atoms with E-state index in [1.807, 2.05) is 13.2 Å². The molecule has 0 aliphatic heterocycles. The lowest BCUT2D eigenvalue weighted by atomic mass is 10.4. The van der Waals surface area contributed by atoms with Crippen molar-refractivity contribution in [2.24, 2.45) is 7.05 Å². The minimum atomic E-state index is 0.230. The largest absolute Gasteiger partial charge is 0.498 e. The van der Waals surface area contributed by atoms with Crippen LogP contribution in [-0.4, -0.2) is 19.9 Å². The molecule has 2 aromatic heterocycles. The second-order valence-corrected chi connectivity index (χ2v) is 3.42. The van der Waals surface area contributed by atoms with Gasteiger partial charge >= 0.3 is 0 Å². The molecule has 2 aromatic rings. The van der Waals surface area contributed by atoms with Gasteiger partial charge in [-0.05, 0) is 0 Å². The maximum atomic E-state index is 9.05. The van der Waals surface area contributed by atoms with Crippen LogP contribution in [-0.2, 0) is 7.05 Å². The van der Waals surface area contributed by atoms with E-state index in [4.69, 9.17) is 5.11 Å². The highest BCUT2D eigenvalue weighted by Crippen LogP contribution is 2.28. The Balaban J connectivity index is 2.43. The first-order chi connectivity index (χ1) is 5.75. The summed E-state index contributed by atoms with van der Waals surface area (Å²) in [6, 6.07) is 0. The summed E-state index contributed by atoms with van der Waals surface area (Å²) < 4.78 is 1.70. The maximum absolute atomic E-state index is 9.05. The molecule has 0 atom stereocenters. The molecule has 0 saturated carbocycles. The molecule has 0 aliphatic carbocycles. The predicted molar refractivity (Wildman–Crippen MR) is 46.0 cm³/mol. The van der Waals surface area contributed by atoms with Gasteiger partial charge in [0.05, 0.1) is 12.4 Å². The lowest BCUT2D eigenvalue weighted by molar-refractivity contribution is 0.489. The molecule has 2 rings (SSSR count). The van der Waals surface area contributed by atoms with Crippen LogP contribution in [0.5, 0.6) is 5.06 Å². The Labute approximate surface area is 73.1 Å². The monoisotopic (exact) mass is 181 g/mol. The molecule has 0 saturated heterocycles. The lowest BCUT2D eigenvalue weighted by Gasteiger charge is -1.84. The van der Waals surface area contributed by atoms with E-state index >= 15 is 0 Å². The normalized spacial score (nSPS) is 10.4. The van der Waals surface area contributed by atoms with E-state index in [0.29, 0.717) is 0 Å². The molecule has 1 N–H and O–H groups in total. The Bertz CT molecular complexity index is 355. The van der Waals surface area contributed by atoms with Crippen LogP contribution < -0.4 is 0 Å². The molecule has 0 unspecified atom stereocenters. The summed E-state index contributed by atoms with van der Waals surface area (Å²) in [5.74, 6) is 0. The highest BCUT2D eigenvalue weighted by atomic mass is 32.1. The van der Waals surface area contributed by atoms with Gasteiger partial charge in [0.25, 0.3) is 0 Å². The average molecular weight is 181 g/mol. The van der Waals surface area contributed by atoms with Gasteiger partial charge in [-0.25, -0.2) is 4.98 Å². The summed E-state index contributed by atoms with van der Waals surface area (Å²) in [5.41, 5.74) is 0.933. The van der Waals surface area contributed by atoms with E-state index in [0.717, 1.165) is 10.6 Å². The van der Waals surface area contributed by atoms with Crippen LogP contribution in [0.1, 0.15) is 0 Å². The van der Waals surface area contributed by atoms with E-state index < -0.39 is 0 Å². The zero-order chi connectivity index (χ0) is 8.55. The van der Waals surface area contributed by atoms with E-state index in [1.165, 1.54) is 17.5 Å². The van der Waals surface area contributed by atoms with Crippen molar-refractivity contribution in [2.45, 2.75) is 0 Å². The van der Waals surface area contributed by atoms with Crippen molar-refractivity contribution < 1.29 is 5.11 Å². The number of aromatic hydroxyl groups is 1. The minimum absolute atomic E-state index is 0.230. The molecule has 0 aromatic carbocycles. The van der Waals surface area contributed by atoms with E-state index in [9.17, 15) is 0 Å². The third-order valence-corrected chi connectivity index (χ3v) is 2.29. The predicted octanol–water partition coefficient (Wildman–Crippen LogP) is 1.25. The van der Waals surface area contributed by atoms with Gasteiger partial charge in [0.2, 0.25) is 0 Å². The molecular formula is C7H7N3OS. The van der Waals surface area contributed by atoms with Crippen molar-refractivity contribution in [3.05, 3.63) is 18.6 Å². The molecule has 0 aliphatic rings. The fourth-order valence-corrected chi connectivity index (χ4v) is 1.56. The van der Waals surface area contributed by atoms with E-state index in [2.05, 4.69) is 10.1 Å². The van der Waals surface area contributed by atoms with Crippen molar-refractivity contribution in [3.8, 4) is 15.6 Å². The summed E-state index contributed by atoms with van der Waals surface area (Å²) in [7, 11) is 1.84. The Hall–Kier alpha value is -1.36. The highest BCUT2D eigenvalue weighted by Gasteiger charge is 2.04. The van der Waals surface area contributed by atoms with Crippen LogP contribution in [0.2, 0.25) is 0 Å². The first-order valence-corrected chi connectivity index (χ1v) is 4.21. The third kappa shape index (κ3) is 1.18. The summed E-state index contributed by atoms with van der Waals surface area (Å²) in [6.07, 6.45) is 5.02. The summed E-state index contributed by atoms with van der Waals surface area (Å²) in [5, 5.41) is 14.1. The molecule has 62 valence electrons. The van der Waals surface area contributed by atoms with Crippen molar-refractivity contribution in [1.29, 1.82) is 0 Å². The van der Waals surface area contributed by atoms with Crippen LogP contribution >= 0.6 is 11.3 Å². The Morgan fingerprint density at radius 1 is 1.50 bits per heavy atom. The summed E-state index contributed by atoms with van der Waals surface area (Å²) in [6.45, 7) is 0. The first kappa shape index (κ1) is 7.30. The van der Waals surface area contributed by atoms with Gasteiger partial charge in [0.15, 0.2) is 5.06 Å². The van der Waals surface area contributed by atoms with Crippen LogP contribution in [0.3, 0.4) is 0 Å². The number of hydrogen-bond donors (Lipinski definition) is 1. The van der Waals surface area contributed by atoms with Crippen molar-refractivity contribution in [3.63, 3.8) is 0 Å². The molecular weight excluding hydrogens is 174 g/mol. The number of aryl methyl sites for hydroxylation is 1. The number of rotatable bonds is 1. The summed E-state index contributed by atoms with van der Waals surface area (Å²) >= 11 is 1.25. The fraction of sp³-hybridized carbons (Fsp3) is 0.143. The fourth-order valence-electron chi connectivity index (χ4n) is 0.931. The molecule has 0 spiro atoms. The first-order valence-electron chi connectivity index (χ1n) is 3.39. The van der Waals surface area contributed by atoms with E-state index in [1.54, 1.807) is 10.9 Å². The third-order valence-electron chi connectivity index (χ3n) is 1.45. The van der Waals surface area contributed by atoms with Gasteiger partial charge in [-0.1, -0.05) is 11.3 Å². The molecule has 5 heteroatoms. The zero-order valence-corrected chi connectivity index (χ0v) is 7.25. The van der Waals surface area contributed by atoms with Crippen molar-refractivity contribution in [2.75, 3.05) is 0 Å². The van der Waals surface area contributed by atoms with Gasteiger partial charge in [0.1, 0.15) is 5.01 Å². The SMILES string of the molecule is Cn1cc(-c2ncc(O)s2)cn1. The number of aromatic nitrogens is 3. The molecule has 4 nitrogen and oxygen atoms in total. The lowest BCUT2D eigenvalue weighted by Crippen LogP contribution is -1.83. The molecule has 0 amide bonds. The van der Waals surface area contributed by atoms with Crippen molar-refractivity contribution in [1.82, 2.24) is 14.8 Å². The van der Waals surface area contributed by atoms with Crippen LogP contribution in [0, 0.1) is 0 Å². The smallest absolute Gasteiger partial charge is 0.192 e. The minimum Gasteiger partial charge on any atom is -0.498 e. The van der Waals surface area contributed by atoms with Crippen LogP contribution in [0.25, 0.3) is 10.6 Å². The Kier molecular flexibility index (Phi) is 1.58. The maximum Gasteiger partial charge on any atom is 0.192 e. The average Bonchev–Trinajstić information content (AvgIpc) is 2.58. The van der Waals surface area contributed by atoms with Gasteiger partial charge in [-0.3, -0.25) is 4.68 Å². The van der Waals surface area contributed by atoms with Gasteiger partial charge in [-0.2, -0.15) is 5.10 Å². The summed E-state index contributed by atoms with van der Waals surface area (Å²) in [4.78, 5) is 4.01. The van der Waals surface area contributed by atoms with Gasteiger partial charge in [-0.15, -0.1) is 0 Å². The number of nitrogens with zero attached hydrogens (tertiary/aromatic N) is 3. The number of thiazole rings is 1. The molecule has 0 radical (unpaired) electrons. The van der Waals surface area contributed by atoms with Crippen LogP contribution in [0.4, 0.5) is 0 Å². The second kappa shape index (κ2) is 2.60. The Morgan fingerprint density at radius 3 is 2.83 bits per heavy atom.